The van der Waals surface area contributed by atoms with Crippen molar-refractivity contribution < 1.29 is 4.79 Å². The second-order valence-corrected chi connectivity index (χ2v) is 6.63. The largest absolute Gasteiger partial charge is 0.349 e. The maximum atomic E-state index is 11.7. The van der Waals surface area contributed by atoms with Gasteiger partial charge in [0.05, 0.1) is 11.0 Å². The Hall–Kier alpha value is -2.64. The third-order valence-electron chi connectivity index (χ3n) is 5.23. The van der Waals surface area contributed by atoms with E-state index in [0.29, 0.717) is 0 Å². The van der Waals surface area contributed by atoms with Crippen LogP contribution in [0.3, 0.4) is 0 Å². The van der Waals surface area contributed by atoms with Crippen molar-refractivity contribution in [3.63, 3.8) is 0 Å². The molecule has 0 radical (unpaired) electrons. The van der Waals surface area contributed by atoms with E-state index in [4.69, 9.17) is 0 Å². The van der Waals surface area contributed by atoms with Crippen molar-refractivity contribution in [3.05, 3.63) is 48.4 Å². The molecule has 1 saturated heterocycles. The maximum Gasteiger partial charge on any atom is 0.244 e. The minimum absolute atomic E-state index is 0.276. The molecule has 2 aromatic rings. The zero-order valence-corrected chi connectivity index (χ0v) is 14.7. The van der Waals surface area contributed by atoms with Gasteiger partial charge in [0.25, 0.3) is 0 Å². The Kier molecular flexibility index (Phi) is 4.48. The lowest BCUT2D eigenvalue weighted by Crippen LogP contribution is -2.63. The molecule has 7 nitrogen and oxygen atoms in total. The molecule has 2 aliphatic heterocycles. The van der Waals surface area contributed by atoms with E-state index in [2.05, 4.69) is 49.1 Å². The molecule has 134 valence electrons. The smallest absolute Gasteiger partial charge is 0.244 e. The van der Waals surface area contributed by atoms with Crippen molar-refractivity contribution in [1.29, 1.82) is 0 Å². The van der Waals surface area contributed by atoms with Crippen molar-refractivity contribution in [2.45, 2.75) is 18.8 Å². The molecule has 0 spiro atoms. The Bertz CT molecular complexity index is 858. The number of aliphatic imine (C=N–C) groups is 1. The van der Waals surface area contributed by atoms with Gasteiger partial charge in [-0.05, 0) is 30.7 Å². The van der Waals surface area contributed by atoms with E-state index >= 15 is 0 Å². The average Bonchev–Trinajstić information content (AvgIpc) is 2.73. The van der Waals surface area contributed by atoms with E-state index < -0.39 is 5.79 Å². The molecule has 1 aromatic carbocycles. The van der Waals surface area contributed by atoms with E-state index in [9.17, 15) is 4.79 Å². The second-order valence-electron chi connectivity index (χ2n) is 6.63. The molecule has 0 amide bonds. The Labute approximate surface area is 152 Å². The first kappa shape index (κ1) is 16.8. The van der Waals surface area contributed by atoms with Gasteiger partial charge < -0.3 is 5.32 Å². The molecule has 26 heavy (non-hydrogen) atoms. The third kappa shape index (κ3) is 3.00. The summed E-state index contributed by atoms with van der Waals surface area (Å²) in [6.07, 6.45) is 9.56. The number of aromatic nitrogens is 2. The molecule has 0 bridgehead atoms. The number of benzene rings is 1. The summed E-state index contributed by atoms with van der Waals surface area (Å²) in [6, 6.07) is 6.54. The molecular formula is C19H22N6O. The number of rotatable bonds is 4. The van der Waals surface area contributed by atoms with Crippen molar-refractivity contribution in [1.82, 2.24) is 25.1 Å². The van der Waals surface area contributed by atoms with Crippen LogP contribution in [0.4, 0.5) is 0 Å². The first-order valence-corrected chi connectivity index (χ1v) is 8.86. The number of nitrogens with zero attached hydrogens (tertiary/aromatic N) is 5. The zero-order chi connectivity index (χ0) is 18.0. The highest BCUT2D eigenvalue weighted by molar-refractivity contribution is 5.77. The normalized spacial score (nSPS) is 25.1. The van der Waals surface area contributed by atoms with Gasteiger partial charge in [-0.2, -0.15) is 0 Å². The van der Waals surface area contributed by atoms with Crippen molar-refractivity contribution in [3.8, 4) is 0 Å². The summed E-state index contributed by atoms with van der Waals surface area (Å²) in [4.78, 5) is 29.3. The van der Waals surface area contributed by atoms with Gasteiger partial charge in [-0.3, -0.25) is 24.6 Å². The number of fused-ring (bicyclic) bond motifs is 1. The van der Waals surface area contributed by atoms with Gasteiger partial charge in [-0.15, -0.1) is 0 Å². The van der Waals surface area contributed by atoms with E-state index in [0.717, 1.165) is 43.5 Å². The van der Waals surface area contributed by atoms with E-state index in [1.165, 1.54) is 5.56 Å². The summed E-state index contributed by atoms with van der Waals surface area (Å²) in [5.74, 6) is -0.956. The van der Waals surface area contributed by atoms with Crippen LogP contribution in [0, 0.1) is 0 Å². The number of nitrogens with one attached hydrogen (secondary N) is 1. The third-order valence-corrected chi connectivity index (χ3v) is 5.23. The molecule has 0 aliphatic carbocycles. The van der Waals surface area contributed by atoms with Crippen LogP contribution in [0.25, 0.3) is 11.0 Å². The first-order valence-electron chi connectivity index (χ1n) is 8.86. The Balaban J connectivity index is 1.46. The summed E-state index contributed by atoms with van der Waals surface area (Å²) in [6.45, 7) is 5.50. The van der Waals surface area contributed by atoms with Crippen molar-refractivity contribution in [2.24, 2.45) is 4.99 Å². The average molecular weight is 350 g/mol. The molecule has 3 heterocycles. The Morgan fingerprint density at radius 3 is 2.62 bits per heavy atom. The van der Waals surface area contributed by atoms with Crippen molar-refractivity contribution in [2.75, 3.05) is 26.2 Å². The summed E-state index contributed by atoms with van der Waals surface area (Å²) in [5.41, 5.74) is 3.06. The SMILES string of the molecule is CC(c1ccc2nccnc2c1)N1CCN(C2(C=O)N=CC=CN2)CC1. The van der Waals surface area contributed by atoms with E-state index in [1.54, 1.807) is 30.9 Å². The molecule has 4 rings (SSSR count). The number of hydrogen-bond acceptors (Lipinski definition) is 7. The quantitative estimate of drug-likeness (QED) is 0.839. The monoisotopic (exact) mass is 350 g/mol. The van der Waals surface area contributed by atoms with Crippen LogP contribution in [0.1, 0.15) is 18.5 Å². The van der Waals surface area contributed by atoms with Crippen LogP contribution in [0.5, 0.6) is 0 Å². The lowest BCUT2D eigenvalue weighted by atomic mass is 10.0. The van der Waals surface area contributed by atoms with Gasteiger partial charge in [0, 0.05) is 57.0 Å². The number of carbonyl (C=O) groups is 1. The van der Waals surface area contributed by atoms with Crippen LogP contribution in [0.2, 0.25) is 0 Å². The summed E-state index contributed by atoms with van der Waals surface area (Å²) in [7, 11) is 0. The molecule has 1 fully saturated rings. The fraction of sp³-hybridized carbons (Fsp3) is 0.368. The standard InChI is InChI=1S/C19H22N6O/c1-15(16-3-4-17-18(13-16)21-8-7-20-17)24-9-11-25(12-10-24)19(14-26)22-5-2-6-23-19/h2-8,13-15,22H,9-12H2,1H3. The fourth-order valence-corrected chi connectivity index (χ4v) is 3.62. The lowest BCUT2D eigenvalue weighted by Gasteiger charge is -2.44. The molecule has 2 aliphatic rings. The molecule has 2 atom stereocenters. The Morgan fingerprint density at radius 1 is 1.15 bits per heavy atom. The number of piperazine rings is 1. The highest BCUT2D eigenvalue weighted by atomic mass is 16.1. The molecule has 0 saturated carbocycles. The molecule has 1 N–H and O–H groups in total. The predicted octanol–water partition coefficient (Wildman–Crippen LogP) is 1.35. The topological polar surface area (TPSA) is 73.7 Å². The Morgan fingerprint density at radius 2 is 1.92 bits per heavy atom. The van der Waals surface area contributed by atoms with Crippen LogP contribution in [-0.4, -0.2) is 64.2 Å². The minimum Gasteiger partial charge on any atom is -0.349 e. The fourth-order valence-electron chi connectivity index (χ4n) is 3.62. The van der Waals surface area contributed by atoms with Gasteiger partial charge in [0.2, 0.25) is 5.79 Å². The number of allylic oxidation sites excluding steroid dienone is 1. The van der Waals surface area contributed by atoms with Crippen LogP contribution < -0.4 is 5.32 Å². The van der Waals surface area contributed by atoms with Crippen molar-refractivity contribution >= 4 is 23.5 Å². The number of carbonyl (C=O) groups excluding carboxylic acids is 1. The van der Waals surface area contributed by atoms with Crippen LogP contribution in [-0.2, 0) is 4.79 Å². The maximum absolute atomic E-state index is 11.7. The molecule has 1 aromatic heterocycles. The van der Waals surface area contributed by atoms with Gasteiger partial charge in [0.15, 0.2) is 6.29 Å². The summed E-state index contributed by atoms with van der Waals surface area (Å²) in [5, 5.41) is 3.09. The minimum atomic E-state index is -0.956. The second kappa shape index (κ2) is 6.93. The first-order chi connectivity index (χ1) is 12.7. The van der Waals surface area contributed by atoms with Gasteiger partial charge in [-0.1, -0.05) is 6.07 Å². The van der Waals surface area contributed by atoms with E-state index in [-0.39, 0.29) is 6.04 Å². The lowest BCUT2D eigenvalue weighted by molar-refractivity contribution is -0.121. The molecule has 7 heteroatoms. The highest BCUT2D eigenvalue weighted by Crippen LogP contribution is 2.25. The summed E-state index contributed by atoms with van der Waals surface area (Å²) < 4.78 is 0. The van der Waals surface area contributed by atoms with Gasteiger partial charge >= 0.3 is 0 Å². The van der Waals surface area contributed by atoms with Gasteiger partial charge in [-0.25, -0.2) is 4.99 Å². The predicted molar refractivity (Wildman–Crippen MR) is 101 cm³/mol. The van der Waals surface area contributed by atoms with E-state index in [1.807, 2.05) is 6.07 Å². The number of aldehydes is 1. The molecule has 2 unspecified atom stereocenters. The van der Waals surface area contributed by atoms with Crippen LogP contribution >= 0.6 is 0 Å². The zero-order valence-electron chi connectivity index (χ0n) is 14.7. The van der Waals surface area contributed by atoms with Crippen LogP contribution in [0.15, 0.2) is 47.9 Å². The highest BCUT2D eigenvalue weighted by Gasteiger charge is 2.38. The van der Waals surface area contributed by atoms with Gasteiger partial charge in [0.1, 0.15) is 0 Å². The number of hydrogen-bond donors (Lipinski definition) is 1. The molecular weight excluding hydrogens is 328 g/mol. The summed E-state index contributed by atoms with van der Waals surface area (Å²) >= 11 is 0.